The maximum atomic E-state index is 8.89. The maximum Gasteiger partial charge on any atom is 0.223 e. The van der Waals surface area contributed by atoms with E-state index in [9.17, 15) is 0 Å². The minimum atomic E-state index is 0. The van der Waals surface area contributed by atoms with E-state index >= 15 is 0 Å². The third-order valence-corrected chi connectivity index (χ3v) is 3.98. The van der Waals surface area contributed by atoms with Crippen LogP contribution >= 0.6 is 0 Å². The van der Waals surface area contributed by atoms with E-state index in [0.29, 0.717) is 17.3 Å². The number of nitriles is 1. The van der Waals surface area contributed by atoms with Crippen molar-refractivity contribution in [1.29, 1.82) is 5.26 Å². The van der Waals surface area contributed by atoms with Gasteiger partial charge >= 0.3 is 0 Å². The summed E-state index contributed by atoms with van der Waals surface area (Å²) in [7, 11) is 0. The van der Waals surface area contributed by atoms with Crippen LogP contribution in [-0.2, 0) is 32.7 Å². The smallest absolute Gasteiger partial charge is 0.223 e. The van der Waals surface area contributed by atoms with Gasteiger partial charge in [-0.05, 0) is 62.0 Å². The average molecular weight is 431 g/mol. The maximum absolute atomic E-state index is 8.89. The number of nitrogens with zero attached hydrogens (tertiary/aromatic N) is 3. The van der Waals surface area contributed by atoms with Gasteiger partial charge in [0.15, 0.2) is 0 Å². The summed E-state index contributed by atoms with van der Waals surface area (Å²) in [6.07, 6.45) is 0. The van der Waals surface area contributed by atoms with Crippen LogP contribution in [0.4, 0.5) is 23.1 Å². The first-order valence-corrected chi connectivity index (χ1v) is 8.34. The normalized spacial score (nSPS) is 9.89. The number of anilines is 4. The molecule has 0 saturated carbocycles. The molecule has 0 aliphatic carbocycles. The molecule has 0 aliphatic rings. The monoisotopic (exact) mass is 431 g/mol. The molecule has 0 unspecified atom stereocenters. The zero-order chi connectivity index (χ0) is 18.7. The summed E-state index contributed by atoms with van der Waals surface area (Å²) in [5.41, 5.74) is 6.76. The summed E-state index contributed by atoms with van der Waals surface area (Å²) in [6, 6.07) is 16.7. The van der Waals surface area contributed by atoms with Crippen molar-refractivity contribution in [3.05, 3.63) is 70.4 Å². The Balaban J connectivity index is 0.00000261. The van der Waals surface area contributed by atoms with E-state index in [0.717, 1.165) is 28.2 Å². The topological polar surface area (TPSA) is 73.6 Å². The van der Waals surface area contributed by atoms with Gasteiger partial charge < -0.3 is 16.7 Å². The van der Waals surface area contributed by atoms with Crippen LogP contribution in [0.5, 0.6) is 0 Å². The first kappa shape index (κ1) is 21.0. The van der Waals surface area contributed by atoms with Gasteiger partial charge in [0.2, 0.25) is 5.95 Å². The summed E-state index contributed by atoms with van der Waals surface area (Å²) in [5.74, 6) is 1.10. The average Bonchev–Trinajstić information content (AvgIpc) is 2.58. The molecule has 2 N–H and O–H groups in total. The third kappa shape index (κ3) is 5.35. The van der Waals surface area contributed by atoms with Crippen molar-refractivity contribution in [2.75, 3.05) is 10.6 Å². The fraction of sp³-hybridized carbons (Fsp3) is 0.190. The standard InChI is InChI=1S/C21H20N5.Y/c1-13-9-14(2)20(15(3)10-13)25-19-11-16(4)23-21(26-19)24-18-7-5-17(12-22)6-8-18;/h5-10H,1-4H3,(H2,23,24,25,26);/q-1;. The second-order valence-corrected chi connectivity index (χ2v) is 6.32. The molecule has 0 atom stereocenters. The van der Waals surface area contributed by atoms with E-state index in [-0.39, 0.29) is 32.7 Å². The van der Waals surface area contributed by atoms with Crippen molar-refractivity contribution in [1.82, 2.24) is 9.97 Å². The molecule has 3 aromatic rings. The fourth-order valence-electron chi connectivity index (χ4n) is 2.88. The van der Waals surface area contributed by atoms with E-state index in [4.69, 9.17) is 5.26 Å². The molecule has 6 heteroatoms. The van der Waals surface area contributed by atoms with E-state index < -0.39 is 0 Å². The first-order chi connectivity index (χ1) is 12.4. The predicted molar refractivity (Wildman–Crippen MR) is 104 cm³/mol. The number of rotatable bonds is 4. The van der Waals surface area contributed by atoms with Gasteiger partial charge in [-0.25, -0.2) is 4.98 Å². The van der Waals surface area contributed by atoms with Gasteiger partial charge in [-0.3, -0.25) is 4.98 Å². The SMILES string of the molecule is Cc1cc(C)c(Nc2[c-]c(C)nc(Nc3ccc(C#N)cc3)n2)c(C)c1.[Y]. The zero-order valence-corrected chi connectivity index (χ0v) is 18.7. The van der Waals surface area contributed by atoms with Crippen molar-refractivity contribution in [2.45, 2.75) is 27.7 Å². The van der Waals surface area contributed by atoms with Gasteiger partial charge in [-0.2, -0.15) is 5.26 Å². The first-order valence-electron chi connectivity index (χ1n) is 8.34. The molecule has 0 spiro atoms. The van der Waals surface area contributed by atoms with Crippen molar-refractivity contribution in [3.8, 4) is 6.07 Å². The summed E-state index contributed by atoms with van der Waals surface area (Å²) in [4.78, 5) is 8.91. The van der Waals surface area contributed by atoms with Gasteiger partial charge in [0.1, 0.15) is 0 Å². The summed E-state index contributed by atoms with van der Waals surface area (Å²) < 4.78 is 0. The summed E-state index contributed by atoms with van der Waals surface area (Å²) in [6.45, 7) is 8.12. The number of hydrogen-bond donors (Lipinski definition) is 2. The van der Waals surface area contributed by atoms with E-state index in [1.54, 1.807) is 12.1 Å². The molecule has 27 heavy (non-hydrogen) atoms. The molecular weight excluding hydrogens is 411 g/mol. The van der Waals surface area contributed by atoms with Gasteiger partial charge in [-0.15, -0.1) is 5.69 Å². The molecular formula is C21H20N5Y-. The van der Waals surface area contributed by atoms with Crippen molar-refractivity contribution < 1.29 is 32.7 Å². The minimum Gasteiger partial charge on any atom is -0.405 e. The van der Waals surface area contributed by atoms with Crippen molar-refractivity contribution >= 4 is 23.1 Å². The minimum absolute atomic E-state index is 0. The molecule has 1 radical (unpaired) electrons. The van der Waals surface area contributed by atoms with Crippen molar-refractivity contribution in [2.24, 2.45) is 0 Å². The van der Waals surface area contributed by atoms with Crippen LogP contribution in [0.2, 0.25) is 0 Å². The number of aromatic nitrogens is 2. The number of nitrogens with one attached hydrogen (secondary N) is 2. The summed E-state index contributed by atoms with van der Waals surface area (Å²) >= 11 is 0. The molecule has 0 saturated heterocycles. The molecule has 0 fully saturated rings. The molecule has 0 bridgehead atoms. The van der Waals surface area contributed by atoms with Crippen LogP contribution in [0.1, 0.15) is 27.9 Å². The quantitative estimate of drug-likeness (QED) is 0.577. The van der Waals surface area contributed by atoms with E-state index in [1.165, 1.54) is 5.56 Å². The Morgan fingerprint density at radius 1 is 0.926 bits per heavy atom. The largest absolute Gasteiger partial charge is 0.405 e. The molecule has 1 aromatic heterocycles. The number of hydrogen-bond acceptors (Lipinski definition) is 5. The Hall–Kier alpha value is -2.29. The van der Waals surface area contributed by atoms with Crippen LogP contribution in [0.15, 0.2) is 36.4 Å². The Morgan fingerprint density at radius 2 is 1.56 bits per heavy atom. The molecule has 0 aliphatic heterocycles. The van der Waals surface area contributed by atoms with Gasteiger partial charge in [0.05, 0.1) is 11.6 Å². The number of aryl methyl sites for hydroxylation is 4. The van der Waals surface area contributed by atoms with Crippen molar-refractivity contribution in [3.63, 3.8) is 0 Å². The second-order valence-electron chi connectivity index (χ2n) is 6.32. The molecule has 1 heterocycles. The fourth-order valence-corrected chi connectivity index (χ4v) is 2.88. The van der Waals surface area contributed by atoms with E-state index in [1.807, 2.05) is 19.1 Å². The van der Waals surface area contributed by atoms with Gasteiger partial charge in [0, 0.05) is 44.1 Å². The molecule has 3 rings (SSSR count). The van der Waals surface area contributed by atoms with E-state index in [2.05, 4.69) is 65.6 Å². The Labute approximate surface area is 185 Å². The second kappa shape index (κ2) is 9.08. The summed E-state index contributed by atoms with van der Waals surface area (Å²) in [5, 5.41) is 15.4. The van der Waals surface area contributed by atoms with Crippen LogP contribution in [0.25, 0.3) is 0 Å². The predicted octanol–water partition coefficient (Wildman–Crippen LogP) is 4.87. The molecule has 0 amide bonds. The Morgan fingerprint density at radius 3 is 2.15 bits per heavy atom. The van der Waals surface area contributed by atoms with Crippen LogP contribution in [0.3, 0.4) is 0 Å². The third-order valence-electron chi connectivity index (χ3n) is 3.98. The Kier molecular flexibility index (Phi) is 7.07. The van der Waals surface area contributed by atoms with Gasteiger partial charge in [-0.1, -0.05) is 24.6 Å². The van der Waals surface area contributed by atoms with Gasteiger partial charge in [0.25, 0.3) is 0 Å². The van der Waals surface area contributed by atoms with Crippen LogP contribution < -0.4 is 10.6 Å². The molecule has 2 aromatic carbocycles. The zero-order valence-electron chi connectivity index (χ0n) is 15.9. The molecule has 5 nitrogen and oxygen atoms in total. The molecule has 133 valence electrons. The van der Waals surface area contributed by atoms with Crippen LogP contribution in [-0.4, -0.2) is 9.97 Å². The van der Waals surface area contributed by atoms with Crippen LogP contribution in [0, 0.1) is 45.1 Å². The number of benzene rings is 2. The Bertz CT molecular complexity index is 967.